The minimum absolute atomic E-state index is 0.126. The fourth-order valence-electron chi connectivity index (χ4n) is 1.75. The van der Waals surface area contributed by atoms with Crippen molar-refractivity contribution in [2.24, 2.45) is 0 Å². The summed E-state index contributed by atoms with van der Waals surface area (Å²) < 4.78 is 5.47. The van der Waals surface area contributed by atoms with Crippen LogP contribution >= 0.6 is 0 Å². The number of benzene rings is 1. The van der Waals surface area contributed by atoms with Crippen LogP contribution in [0.2, 0.25) is 0 Å². The molecule has 0 atom stereocenters. The van der Waals surface area contributed by atoms with Crippen molar-refractivity contribution < 1.29 is 9.53 Å². The van der Waals surface area contributed by atoms with E-state index in [1.165, 1.54) is 0 Å². The summed E-state index contributed by atoms with van der Waals surface area (Å²) in [4.78, 5) is 11.8. The molecule has 6 heteroatoms. The van der Waals surface area contributed by atoms with Gasteiger partial charge in [0.15, 0.2) is 0 Å². The number of aryl methyl sites for hydroxylation is 1. The van der Waals surface area contributed by atoms with Crippen molar-refractivity contribution in [3.8, 4) is 5.75 Å². The van der Waals surface area contributed by atoms with Gasteiger partial charge >= 0.3 is 0 Å². The van der Waals surface area contributed by atoms with Crippen LogP contribution in [0.15, 0.2) is 30.5 Å². The van der Waals surface area contributed by atoms with E-state index < -0.39 is 0 Å². The Morgan fingerprint density at radius 3 is 3.00 bits per heavy atom. The number of nitrogens with one attached hydrogen (secondary N) is 2. The summed E-state index contributed by atoms with van der Waals surface area (Å²) in [5.41, 5.74) is 7.29. The SMILES string of the molecule is CCc1cn[nH]c1NC(=O)CCOc1ccccc1N. The third-order valence-corrected chi connectivity index (χ3v) is 2.87. The number of aromatic nitrogens is 2. The van der Waals surface area contributed by atoms with Crippen LogP contribution in [0.4, 0.5) is 11.5 Å². The number of para-hydroxylation sites is 2. The highest BCUT2D eigenvalue weighted by molar-refractivity contribution is 5.90. The number of aromatic amines is 1. The van der Waals surface area contributed by atoms with Crippen LogP contribution in [-0.2, 0) is 11.2 Å². The molecular formula is C14H18N4O2. The highest BCUT2D eigenvalue weighted by Gasteiger charge is 2.08. The van der Waals surface area contributed by atoms with E-state index in [0.29, 0.717) is 17.3 Å². The molecule has 6 nitrogen and oxygen atoms in total. The van der Waals surface area contributed by atoms with Crippen LogP contribution in [0.3, 0.4) is 0 Å². The van der Waals surface area contributed by atoms with Gasteiger partial charge in [0.1, 0.15) is 11.6 Å². The highest BCUT2D eigenvalue weighted by Crippen LogP contribution is 2.19. The van der Waals surface area contributed by atoms with Crippen LogP contribution in [0.25, 0.3) is 0 Å². The molecule has 4 N–H and O–H groups in total. The second-order valence-electron chi connectivity index (χ2n) is 4.31. The zero-order valence-corrected chi connectivity index (χ0v) is 11.3. The number of H-pyrrole nitrogens is 1. The van der Waals surface area contributed by atoms with Gasteiger partial charge in [0, 0.05) is 5.56 Å². The van der Waals surface area contributed by atoms with Crippen LogP contribution in [0, 0.1) is 0 Å². The Labute approximate surface area is 117 Å². The molecule has 0 bridgehead atoms. The molecule has 106 valence electrons. The second kappa shape index (κ2) is 6.60. The van der Waals surface area contributed by atoms with Crippen LogP contribution in [0.5, 0.6) is 5.75 Å². The Morgan fingerprint density at radius 2 is 2.25 bits per heavy atom. The third kappa shape index (κ3) is 3.50. The average molecular weight is 274 g/mol. The number of carbonyl (C=O) groups is 1. The minimum atomic E-state index is -0.126. The number of nitrogens with two attached hydrogens (primary N) is 1. The Balaban J connectivity index is 1.80. The zero-order chi connectivity index (χ0) is 14.4. The second-order valence-corrected chi connectivity index (χ2v) is 4.31. The van der Waals surface area contributed by atoms with Crippen LogP contribution in [-0.4, -0.2) is 22.7 Å². The van der Waals surface area contributed by atoms with Gasteiger partial charge in [0.2, 0.25) is 5.91 Å². The fourth-order valence-corrected chi connectivity index (χ4v) is 1.75. The monoisotopic (exact) mass is 274 g/mol. The van der Waals surface area contributed by atoms with Crippen molar-refractivity contribution in [3.05, 3.63) is 36.0 Å². The molecule has 0 saturated carbocycles. The highest BCUT2D eigenvalue weighted by atomic mass is 16.5. The maximum absolute atomic E-state index is 11.8. The first-order chi connectivity index (χ1) is 9.70. The first-order valence-corrected chi connectivity index (χ1v) is 6.50. The smallest absolute Gasteiger partial charge is 0.228 e. The molecule has 0 radical (unpaired) electrons. The molecular weight excluding hydrogens is 256 g/mol. The number of nitrogens with zero attached hydrogens (tertiary/aromatic N) is 1. The average Bonchev–Trinajstić information content (AvgIpc) is 2.88. The summed E-state index contributed by atoms with van der Waals surface area (Å²) in [5, 5.41) is 9.43. The van der Waals surface area contributed by atoms with Crippen molar-refractivity contribution in [2.75, 3.05) is 17.7 Å². The van der Waals surface area contributed by atoms with Crippen molar-refractivity contribution in [1.82, 2.24) is 10.2 Å². The molecule has 1 amide bonds. The largest absolute Gasteiger partial charge is 0.491 e. The van der Waals surface area contributed by atoms with E-state index in [0.717, 1.165) is 12.0 Å². The summed E-state index contributed by atoms with van der Waals surface area (Å²) in [6.07, 6.45) is 2.76. The molecule has 1 aromatic heterocycles. The zero-order valence-electron chi connectivity index (χ0n) is 11.3. The fraction of sp³-hybridized carbons (Fsp3) is 0.286. The van der Waals surface area contributed by atoms with E-state index in [-0.39, 0.29) is 18.9 Å². The minimum Gasteiger partial charge on any atom is -0.491 e. The lowest BCUT2D eigenvalue weighted by atomic mass is 10.2. The molecule has 20 heavy (non-hydrogen) atoms. The van der Waals surface area contributed by atoms with Gasteiger partial charge in [-0.1, -0.05) is 19.1 Å². The number of anilines is 2. The number of hydrogen-bond acceptors (Lipinski definition) is 4. The Hall–Kier alpha value is -2.50. The first-order valence-electron chi connectivity index (χ1n) is 6.50. The summed E-state index contributed by atoms with van der Waals surface area (Å²) in [5.74, 6) is 1.12. The van der Waals surface area contributed by atoms with E-state index in [9.17, 15) is 4.79 Å². The topological polar surface area (TPSA) is 93.0 Å². The van der Waals surface area contributed by atoms with E-state index in [1.54, 1.807) is 18.3 Å². The summed E-state index contributed by atoms with van der Waals surface area (Å²) in [6.45, 7) is 2.28. The van der Waals surface area contributed by atoms with E-state index >= 15 is 0 Å². The molecule has 0 saturated heterocycles. The number of carbonyl (C=O) groups excluding carboxylic acids is 1. The van der Waals surface area contributed by atoms with Crippen molar-refractivity contribution in [1.29, 1.82) is 0 Å². The van der Waals surface area contributed by atoms with Gasteiger partial charge in [-0.3, -0.25) is 9.89 Å². The van der Waals surface area contributed by atoms with Gasteiger partial charge in [-0.2, -0.15) is 5.10 Å². The van der Waals surface area contributed by atoms with Crippen LogP contribution in [0.1, 0.15) is 18.9 Å². The van der Waals surface area contributed by atoms with E-state index in [4.69, 9.17) is 10.5 Å². The molecule has 2 rings (SSSR count). The maximum Gasteiger partial charge on any atom is 0.228 e. The van der Waals surface area contributed by atoms with Gasteiger partial charge in [-0.05, 0) is 18.6 Å². The van der Waals surface area contributed by atoms with Gasteiger partial charge in [0.25, 0.3) is 0 Å². The van der Waals surface area contributed by atoms with E-state index in [1.807, 2.05) is 19.1 Å². The van der Waals surface area contributed by atoms with Crippen molar-refractivity contribution >= 4 is 17.4 Å². The number of rotatable bonds is 6. The van der Waals surface area contributed by atoms with Gasteiger partial charge in [-0.15, -0.1) is 0 Å². The summed E-state index contributed by atoms with van der Waals surface area (Å²) >= 11 is 0. The molecule has 0 aliphatic carbocycles. The maximum atomic E-state index is 11.8. The predicted octanol–water partition coefficient (Wildman–Crippen LogP) is 1.96. The van der Waals surface area contributed by atoms with Crippen molar-refractivity contribution in [3.63, 3.8) is 0 Å². The lowest BCUT2D eigenvalue weighted by Gasteiger charge is -2.08. The van der Waals surface area contributed by atoms with E-state index in [2.05, 4.69) is 15.5 Å². The summed E-state index contributed by atoms with van der Waals surface area (Å²) in [6, 6.07) is 7.20. The van der Waals surface area contributed by atoms with Crippen molar-refractivity contribution in [2.45, 2.75) is 19.8 Å². The summed E-state index contributed by atoms with van der Waals surface area (Å²) in [7, 11) is 0. The number of ether oxygens (including phenoxy) is 1. The normalized spacial score (nSPS) is 10.2. The first kappa shape index (κ1) is 13.9. The Morgan fingerprint density at radius 1 is 1.45 bits per heavy atom. The predicted molar refractivity (Wildman–Crippen MR) is 77.6 cm³/mol. The molecule has 2 aromatic rings. The lowest BCUT2D eigenvalue weighted by Crippen LogP contribution is -2.16. The standard InChI is InChI=1S/C14H18N4O2/c1-2-10-9-16-18-14(10)17-13(19)7-8-20-12-6-4-3-5-11(12)15/h3-6,9H,2,7-8,15H2,1H3,(H2,16,17,18,19). The third-order valence-electron chi connectivity index (χ3n) is 2.87. The molecule has 0 spiro atoms. The van der Waals surface area contributed by atoms with Gasteiger partial charge in [-0.25, -0.2) is 0 Å². The number of nitrogen functional groups attached to an aromatic ring is 1. The van der Waals surface area contributed by atoms with Gasteiger partial charge in [0.05, 0.1) is 24.9 Å². The number of amides is 1. The molecule has 1 heterocycles. The molecule has 0 aliphatic rings. The van der Waals surface area contributed by atoms with Crippen LogP contribution < -0.4 is 15.8 Å². The molecule has 0 unspecified atom stereocenters. The number of hydrogen-bond donors (Lipinski definition) is 3. The van der Waals surface area contributed by atoms with Gasteiger partial charge < -0.3 is 15.8 Å². The quantitative estimate of drug-likeness (QED) is 0.702. The molecule has 0 aliphatic heterocycles. The lowest BCUT2D eigenvalue weighted by molar-refractivity contribution is -0.116. The molecule has 1 aromatic carbocycles. The Bertz CT molecular complexity index is 580. The Kier molecular flexibility index (Phi) is 4.60. The molecule has 0 fully saturated rings.